The van der Waals surface area contributed by atoms with Gasteiger partial charge in [0.05, 0.1) is 0 Å². The van der Waals surface area contributed by atoms with Gasteiger partial charge < -0.3 is 9.84 Å². The van der Waals surface area contributed by atoms with E-state index in [1.165, 1.54) is 6.92 Å². The Morgan fingerprint density at radius 1 is 1.54 bits per heavy atom. The van der Waals surface area contributed by atoms with E-state index >= 15 is 0 Å². The summed E-state index contributed by atoms with van der Waals surface area (Å²) in [6.07, 6.45) is -7.94. The van der Waals surface area contributed by atoms with Crippen LogP contribution < -0.4 is 0 Å². The van der Waals surface area contributed by atoms with Gasteiger partial charge in [0, 0.05) is 0 Å². The van der Waals surface area contributed by atoms with E-state index in [1.807, 2.05) is 0 Å². The molecular formula is C7H11F3O3. The molecule has 0 aliphatic rings. The molecule has 0 aromatic heterocycles. The SMILES string of the molecule is CCC(OC(C)C(F)(F)F)C(=O)O. The zero-order chi connectivity index (χ0) is 10.6. The lowest BCUT2D eigenvalue weighted by molar-refractivity contribution is -0.228. The summed E-state index contributed by atoms with van der Waals surface area (Å²) in [6, 6.07) is 0. The second kappa shape index (κ2) is 4.45. The Hall–Kier alpha value is -0.780. The van der Waals surface area contributed by atoms with Gasteiger partial charge in [0.15, 0.2) is 12.2 Å². The third-order valence-electron chi connectivity index (χ3n) is 1.48. The van der Waals surface area contributed by atoms with E-state index in [1.54, 1.807) is 0 Å². The molecule has 0 aliphatic heterocycles. The molecule has 2 atom stereocenters. The van der Waals surface area contributed by atoms with Crippen molar-refractivity contribution in [3.63, 3.8) is 0 Å². The molecule has 0 spiro atoms. The average molecular weight is 200 g/mol. The Kier molecular flexibility index (Phi) is 4.19. The van der Waals surface area contributed by atoms with Gasteiger partial charge in [0.2, 0.25) is 0 Å². The minimum Gasteiger partial charge on any atom is -0.479 e. The van der Waals surface area contributed by atoms with E-state index in [0.29, 0.717) is 0 Å². The fraction of sp³-hybridized carbons (Fsp3) is 0.857. The van der Waals surface area contributed by atoms with Crippen LogP contribution in [-0.2, 0) is 9.53 Å². The third-order valence-corrected chi connectivity index (χ3v) is 1.48. The van der Waals surface area contributed by atoms with Crippen LogP contribution in [0, 0.1) is 0 Å². The first-order valence-electron chi connectivity index (χ1n) is 3.74. The Bertz CT molecular complexity index is 178. The zero-order valence-corrected chi connectivity index (χ0v) is 7.26. The standard InChI is InChI=1S/C7H11F3O3/c1-3-5(6(11)12)13-4(2)7(8,9)10/h4-5H,3H2,1-2H3,(H,11,12). The van der Waals surface area contributed by atoms with Crippen molar-refractivity contribution in [1.29, 1.82) is 0 Å². The minimum atomic E-state index is -4.51. The van der Waals surface area contributed by atoms with Crippen molar-refractivity contribution in [3.8, 4) is 0 Å². The number of ether oxygens (including phenoxy) is 1. The second-order valence-corrected chi connectivity index (χ2v) is 2.56. The van der Waals surface area contributed by atoms with E-state index in [9.17, 15) is 18.0 Å². The molecule has 6 heteroatoms. The molecule has 13 heavy (non-hydrogen) atoms. The Morgan fingerprint density at radius 3 is 2.23 bits per heavy atom. The van der Waals surface area contributed by atoms with Gasteiger partial charge in [-0.3, -0.25) is 0 Å². The summed E-state index contributed by atoms with van der Waals surface area (Å²) in [6.45, 7) is 2.23. The predicted molar refractivity (Wildman–Crippen MR) is 38.3 cm³/mol. The second-order valence-electron chi connectivity index (χ2n) is 2.56. The van der Waals surface area contributed by atoms with Gasteiger partial charge in [-0.05, 0) is 13.3 Å². The fourth-order valence-electron chi connectivity index (χ4n) is 0.653. The quantitative estimate of drug-likeness (QED) is 0.752. The van der Waals surface area contributed by atoms with Crippen molar-refractivity contribution in [1.82, 2.24) is 0 Å². The first-order valence-corrected chi connectivity index (χ1v) is 3.74. The van der Waals surface area contributed by atoms with Crippen LogP contribution in [0.1, 0.15) is 20.3 Å². The highest BCUT2D eigenvalue weighted by Crippen LogP contribution is 2.23. The van der Waals surface area contributed by atoms with Crippen molar-refractivity contribution >= 4 is 5.97 Å². The van der Waals surface area contributed by atoms with Crippen LogP contribution in [0.3, 0.4) is 0 Å². The van der Waals surface area contributed by atoms with Crippen molar-refractivity contribution in [2.24, 2.45) is 0 Å². The number of halogens is 3. The number of alkyl halides is 3. The lowest BCUT2D eigenvalue weighted by atomic mass is 10.2. The summed E-state index contributed by atoms with van der Waals surface area (Å²) < 4.78 is 40.0. The maximum atomic E-state index is 11.9. The van der Waals surface area contributed by atoms with Gasteiger partial charge >= 0.3 is 12.1 Å². The van der Waals surface area contributed by atoms with Crippen LogP contribution in [0.25, 0.3) is 0 Å². The number of rotatable bonds is 4. The first-order chi connectivity index (χ1) is 5.79. The molecule has 2 unspecified atom stereocenters. The Balaban J connectivity index is 4.17. The summed E-state index contributed by atoms with van der Waals surface area (Å²) in [5.74, 6) is -1.38. The molecule has 1 N–H and O–H groups in total. The Labute approximate surface area is 73.5 Å². The molecule has 0 aliphatic carbocycles. The van der Waals surface area contributed by atoms with Crippen LogP contribution in [0.15, 0.2) is 0 Å². The van der Waals surface area contributed by atoms with Crippen molar-refractivity contribution in [3.05, 3.63) is 0 Å². The maximum absolute atomic E-state index is 11.9. The van der Waals surface area contributed by atoms with Gasteiger partial charge in [0.25, 0.3) is 0 Å². The van der Waals surface area contributed by atoms with Gasteiger partial charge in [-0.2, -0.15) is 13.2 Å². The molecule has 78 valence electrons. The lowest BCUT2D eigenvalue weighted by Crippen LogP contribution is -2.35. The first kappa shape index (κ1) is 12.2. The van der Waals surface area contributed by atoms with Crippen LogP contribution in [0.5, 0.6) is 0 Å². The number of hydrogen-bond donors (Lipinski definition) is 1. The monoisotopic (exact) mass is 200 g/mol. The zero-order valence-electron chi connectivity index (χ0n) is 7.26. The number of hydrogen-bond acceptors (Lipinski definition) is 2. The number of carboxylic acid groups (broad SMARTS) is 1. The van der Waals surface area contributed by atoms with Crippen molar-refractivity contribution in [2.75, 3.05) is 0 Å². The molecule has 0 amide bonds. The molecule has 0 aromatic rings. The molecule has 0 bridgehead atoms. The van der Waals surface area contributed by atoms with Gasteiger partial charge in [-0.15, -0.1) is 0 Å². The molecule has 0 radical (unpaired) electrons. The van der Waals surface area contributed by atoms with E-state index in [4.69, 9.17) is 5.11 Å². The molecule has 0 rings (SSSR count). The average Bonchev–Trinajstić information content (AvgIpc) is 1.96. The molecule has 0 aromatic carbocycles. The maximum Gasteiger partial charge on any atom is 0.414 e. The number of carbonyl (C=O) groups is 1. The fourth-order valence-corrected chi connectivity index (χ4v) is 0.653. The van der Waals surface area contributed by atoms with Crippen LogP contribution in [-0.4, -0.2) is 29.5 Å². The summed E-state index contributed by atoms with van der Waals surface area (Å²) in [7, 11) is 0. The smallest absolute Gasteiger partial charge is 0.414 e. The van der Waals surface area contributed by atoms with Crippen LogP contribution in [0.4, 0.5) is 13.2 Å². The van der Waals surface area contributed by atoms with Gasteiger partial charge in [0.1, 0.15) is 0 Å². The Morgan fingerprint density at radius 2 is 2.00 bits per heavy atom. The largest absolute Gasteiger partial charge is 0.479 e. The van der Waals surface area contributed by atoms with Crippen molar-refractivity contribution in [2.45, 2.75) is 38.7 Å². The predicted octanol–water partition coefficient (Wildman–Crippen LogP) is 1.82. The molecular weight excluding hydrogens is 189 g/mol. The van der Waals surface area contributed by atoms with E-state index in [0.717, 1.165) is 6.92 Å². The number of aliphatic carboxylic acids is 1. The highest BCUT2D eigenvalue weighted by Gasteiger charge is 2.39. The molecule has 0 fully saturated rings. The molecule has 3 nitrogen and oxygen atoms in total. The van der Waals surface area contributed by atoms with Crippen LogP contribution in [0.2, 0.25) is 0 Å². The molecule has 0 saturated heterocycles. The highest BCUT2D eigenvalue weighted by atomic mass is 19.4. The topological polar surface area (TPSA) is 46.5 Å². The van der Waals surface area contributed by atoms with Gasteiger partial charge in [-0.25, -0.2) is 4.79 Å². The summed E-state index contributed by atoms with van der Waals surface area (Å²) in [5.41, 5.74) is 0. The van der Waals surface area contributed by atoms with Crippen molar-refractivity contribution < 1.29 is 27.8 Å². The summed E-state index contributed by atoms with van der Waals surface area (Å²) in [4.78, 5) is 10.3. The highest BCUT2D eigenvalue weighted by molar-refractivity contribution is 5.72. The van der Waals surface area contributed by atoms with E-state index in [-0.39, 0.29) is 6.42 Å². The number of carboxylic acids is 1. The van der Waals surface area contributed by atoms with Crippen LogP contribution >= 0.6 is 0 Å². The lowest BCUT2D eigenvalue weighted by Gasteiger charge is -2.20. The van der Waals surface area contributed by atoms with Gasteiger partial charge in [-0.1, -0.05) is 6.92 Å². The molecule has 0 heterocycles. The third kappa shape index (κ3) is 4.12. The molecule has 0 saturated carbocycles. The summed E-state index contributed by atoms with van der Waals surface area (Å²) in [5, 5.41) is 8.40. The summed E-state index contributed by atoms with van der Waals surface area (Å²) >= 11 is 0. The normalized spacial score (nSPS) is 16.7. The minimum absolute atomic E-state index is 0.00968. The van der Waals surface area contributed by atoms with E-state index in [2.05, 4.69) is 4.74 Å². The van der Waals surface area contributed by atoms with E-state index < -0.39 is 24.4 Å².